The highest BCUT2D eigenvalue weighted by Gasteiger charge is 2.30. The molecule has 2 heterocycles. The number of carbonyl (C=O) groups excluding carboxylic acids is 1. The number of halogens is 2. The van der Waals surface area contributed by atoms with Crippen molar-refractivity contribution in [1.29, 1.82) is 0 Å². The Balaban J connectivity index is 1.50. The summed E-state index contributed by atoms with van der Waals surface area (Å²) in [6, 6.07) is 9.11. The summed E-state index contributed by atoms with van der Waals surface area (Å²) in [5, 5.41) is 2.89. The maximum Gasteiger partial charge on any atom is 0.252 e. The monoisotopic (exact) mass is 489 g/mol. The fourth-order valence-corrected chi connectivity index (χ4v) is 6.60. The number of hydrogen-bond acceptors (Lipinski definition) is 5. The van der Waals surface area contributed by atoms with Gasteiger partial charge in [-0.05, 0) is 52.7 Å². The second-order valence-electron chi connectivity index (χ2n) is 6.58. The summed E-state index contributed by atoms with van der Waals surface area (Å²) in [4.78, 5) is 14.2. The number of amides is 1. The van der Waals surface area contributed by atoms with Crippen LogP contribution < -0.4 is 5.32 Å². The summed E-state index contributed by atoms with van der Waals surface area (Å²) in [6.45, 7) is 3.71. The van der Waals surface area contributed by atoms with Gasteiger partial charge < -0.3 is 5.32 Å². The predicted molar refractivity (Wildman–Crippen MR) is 110 cm³/mol. The quantitative estimate of drug-likeness (QED) is 0.677. The number of rotatable bonds is 6. The summed E-state index contributed by atoms with van der Waals surface area (Å²) in [6.07, 6.45) is 0. The van der Waals surface area contributed by atoms with E-state index in [1.807, 2.05) is 11.8 Å². The molecular formula is C18H21BrFN3O3S2. The second kappa shape index (κ2) is 9.00. The smallest absolute Gasteiger partial charge is 0.252 e. The Morgan fingerprint density at radius 2 is 1.82 bits per heavy atom. The lowest BCUT2D eigenvalue weighted by Gasteiger charge is -2.33. The number of hydrogen-bond donors (Lipinski definition) is 1. The molecule has 10 heteroatoms. The Morgan fingerprint density at radius 1 is 1.18 bits per heavy atom. The third-order valence-electron chi connectivity index (χ3n) is 4.59. The van der Waals surface area contributed by atoms with Crippen LogP contribution in [0.25, 0.3) is 0 Å². The fraction of sp³-hybridized carbons (Fsp3) is 0.389. The number of sulfonamides is 1. The Morgan fingerprint density at radius 3 is 2.39 bits per heavy atom. The van der Waals surface area contributed by atoms with Crippen LogP contribution in [-0.2, 0) is 14.8 Å². The van der Waals surface area contributed by atoms with E-state index in [-0.39, 0.29) is 24.3 Å². The van der Waals surface area contributed by atoms with Gasteiger partial charge in [0.15, 0.2) is 0 Å². The highest BCUT2D eigenvalue weighted by molar-refractivity contribution is 9.11. The molecule has 1 aliphatic heterocycles. The number of piperazine rings is 1. The van der Waals surface area contributed by atoms with Gasteiger partial charge in [-0.25, -0.2) is 12.8 Å². The minimum Gasteiger partial charge on any atom is -0.348 e. The number of thiophene rings is 1. The van der Waals surface area contributed by atoms with Crippen LogP contribution in [0.2, 0.25) is 0 Å². The SMILES string of the molecule is CC(NC(=O)CN1CCN(S(=O)(=O)c2ccc(Br)s2)CC1)c1ccc(F)cc1. The third kappa shape index (κ3) is 5.18. The van der Waals surface area contributed by atoms with Gasteiger partial charge in [0.1, 0.15) is 10.0 Å². The van der Waals surface area contributed by atoms with Gasteiger partial charge in [-0.2, -0.15) is 4.31 Å². The van der Waals surface area contributed by atoms with Crippen molar-refractivity contribution >= 4 is 43.2 Å². The van der Waals surface area contributed by atoms with Crippen molar-refractivity contribution in [2.75, 3.05) is 32.7 Å². The van der Waals surface area contributed by atoms with Crippen molar-refractivity contribution in [1.82, 2.24) is 14.5 Å². The lowest BCUT2D eigenvalue weighted by molar-refractivity contribution is -0.123. The normalized spacial score (nSPS) is 17.4. The lowest BCUT2D eigenvalue weighted by Crippen LogP contribution is -2.51. The zero-order valence-electron chi connectivity index (χ0n) is 15.3. The molecule has 152 valence electrons. The van der Waals surface area contributed by atoms with Crippen molar-refractivity contribution in [2.24, 2.45) is 0 Å². The highest BCUT2D eigenvalue weighted by atomic mass is 79.9. The lowest BCUT2D eigenvalue weighted by atomic mass is 10.1. The van der Waals surface area contributed by atoms with Crippen LogP contribution in [0.1, 0.15) is 18.5 Å². The molecule has 6 nitrogen and oxygen atoms in total. The van der Waals surface area contributed by atoms with E-state index >= 15 is 0 Å². The van der Waals surface area contributed by atoms with Crippen molar-refractivity contribution in [2.45, 2.75) is 17.2 Å². The van der Waals surface area contributed by atoms with E-state index in [2.05, 4.69) is 21.2 Å². The molecule has 1 unspecified atom stereocenters. The molecule has 1 fully saturated rings. The van der Waals surface area contributed by atoms with E-state index in [9.17, 15) is 17.6 Å². The molecule has 0 saturated carbocycles. The summed E-state index contributed by atoms with van der Waals surface area (Å²) in [5.41, 5.74) is 0.827. The molecule has 0 bridgehead atoms. The van der Waals surface area contributed by atoms with E-state index in [0.29, 0.717) is 30.4 Å². The van der Waals surface area contributed by atoms with Crippen LogP contribution in [0, 0.1) is 5.82 Å². The Bertz CT molecular complexity index is 926. The summed E-state index contributed by atoms with van der Waals surface area (Å²) in [5.74, 6) is -0.458. The maximum atomic E-state index is 13.0. The molecule has 1 N–H and O–H groups in total. The predicted octanol–water partition coefficient (Wildman–Crippen LogP) is 2.83. The largest absolute Gasteiger partial charge is 0.348 e. The number of benzene rings is 1. The minimum atomic E-state index is -3.49. The van der Waals surface area contributed by atoms with Gasteiger partial charge in [0, 0.05) is 26.2 Å². The molecule has 1 amide bonds. The van der Waals surface area contributed by atoms with E-state index in [0.717, 1.165) is 9.35 Å². The van der Waals surface area contributed by atoms with Gasteiger partial charge >= 0.3 is 0 Å². The Hall–Kier alpha value is -1.33. The average molecular weight is 490 g/mol. The topological polar surface area (TPSA) is 69.7 Å². The second-order valence-corrected chi connectivity index (χ2v) is 11.2. The molecule has 0 spiro atoms. The zero-order chi connectivity index (χ0) is 20.3. The maximum absolute atomic E-state index is 13.0. The van der Waals surface area contributed by atoms with E-state index in [4.69, 9.17) is 0 Å². The first-order valence-corrected chi connectivity index (χ1v) is 11.8. The van der Waals surface area contributed by atoms with Crippen molar-refractivity contribution in [3.8, 4) is 0 Å². The summed E-state index contributed by atoms with van der Waals surface area (Å²) < 4.78 is 40.8. The van der Waals surface area contributed by atoms with Gasteiger partial charge in [-0.1, -0.05) is 12.1 Å². The molecule has 1 atom stereocenters. The van der Waals surface area contributed by atoms with Crippen molar-refractivity contribution in [3.63, 3.8) is 0 Å². The molecular weight excluding hydrogens is 469 g/mol. The summed E-state index contributed by atoms with van der Waals surface area (Å²) >= 11 is 4.48. The molecule has 2 aromatic rings. The molecule has 3 rings (SSSR count). The zero-order valence-corrected chi connectivity index (χ0v) is 18.5. The molecule has 1 saturated heterocycles. The number of nitrogens with one attached hydrogen (secondary N) is 1. The molecule has 1 aliphatic rings. The Kier molecular flexibility index (Phi) is 6.87. The average Bonchev–Trinajstić information content (AvgIpc) is 3.10. The van der Waals surface area contributed by atoms with Crippen molar-refractivity contribution < 1.29 is 17.6 Å². The van der Waals surface area contributed by atoms with Gasteiger partial charge in [-0.15, -0.1) is 11.3 Å². The van der Waals surface area contributed by atoms with Crippen LogP contribution in [0.3, 0.4) is 0 Å². The molecule has 28 heavy (non-hydrogen) atoms. The fourth-order valence-electron chi connectivity index (χ4n) is 3.02. The van der Waals surface area contributed by atoms with Crippen LogP contribution >= 0.6 is 27.3 Å². The number of nitrogens with zero attached hydrogens (tertiary/aromatic N) is 2. The minimum absolute atomic E-state index is 0.143. The molecule has 1 aromatic carbocycles. The van der Waals surface area contributed by atoms with Crippen LogP contribution in [0.15, 0.2) is 44.4 Å². The van der Waals surface area contributed by atoms with Gasteiger partial charge in [0.2, 0.25) is 5.91 Å². The molecule has 0 radical (unpaired) electrons. The Labute approximate surface area is 176 Å². The van der Waals surface area contributed by atoms with Crippen LogP contribution in [-0.4, -0.2) is 56.3 Å². The van der Waals surface area contributed by atoms with E-state index in [1.54, 1.807) is 24.3 Å². The van der Waals surface area contributed by atoms with Gasteiger partial charge in [0.25, 0.3) is 10.0 Å². The first kappa shape index (κ1) is 21.4. The van der Waals surface area contributed by atoms with E-state index < -0.39 is 10.0 Å². The molecule has 0 aliphatic carbocycles. The van der Waals surface area contributed by atoms with Crippen LogP contribution in [0.4, 0.5) is 4.39 Å². The molecule has 1 aromatic heterocycles. The standard InChI is InChI=1S/C18H21BrFN3O3S2/c1-13(14-2-4-15(20)5-3-14)21-17(24)12-22-8-10-23(11-9-22)28(25,26)18-7-6-16(19)27-18/h2-7,13H,8-12H2,1H3,(H,21,24). The third-order valence-corrected chi connectivity index (χ3v) is 8.58. The highest BCUT2D eigenvalue weighted by Crippen LogP contribution is 2.28. The summed E-state index contributed by atoms with van der Waals surface area (Å²) in [7, 11) is -3.49. The number of carbonyl (C=O) groups is 1. The first-order chi connectivity index (χ1) is 13.3. The van der Waals surface area contributed by atoms with Gasteiger partial charge in [0.05, 0.1) is 16.4 Å². The van der Waals surface area contributed by atoms with E-state index in [1.165, 1.54) is 27.8 Å². The van der Waals surface area contributed by atoms with Gasteiger partial charge in [-0.3, -0.25) is 9.69 Å². The van der Waals surface area contributed by atoms with Crippen LogP contribution in [0.5, 0.6) is 0 Å². The van der Waals surface area contributed by atoms with Crippen molar-refractivity contribution in [3.05, 3.63) is 51.6 Å². The first-order valence-electron chi connectivity index (χ1n) is 8.78.